The first-order chi connectivity index (χ1) is 11.7. The van der Waals surface area contributed by atoms with Crippen LogP contribution in [0, 0.1) is 6.92 Å². The van der Waals surface area contributed by atoms with Crippen LogP contribution in [0.25, 0.3) is 17.0 Å². The topological polar surface area (TPSA) is 51.5 Å². The van der Waals surface area contributed by atoms with Gasteiger partial charge in [-0.3, -0.25) is 0 Å². The Morgan fingerprint density at radius 3 is 2.67 bits per heavy atom. The molecule has 3 aromatic heterocycles. The zero-order valence-electron chi connectivity index (χ0n) is 13.4. The molecule has 0 aliphatic heterocycles. The van der Waals surface area contributed by atoms with Crippen LogP contribution < -0.4 is 10.1 Å². The van der Waals surface area contributed by atoms with Gasteiger partial charge in [0, 0.05) is 23.0 Å². The van der Waals surface area contributed by atoms with Crippen molar-refractivity contribution in [3.05, 3.63) is 59.7 Å². The molecule has 0 radical (unpaired) electrons. The molecule has 4 aromatic rings. The number of hydrogen-bond donors (Lipinski definition) is 1. The minimum atomic E-state index is 0.834. The van der Waals surface area contributed by atoms with Crippen molar-refractivity contribution in [1.82, 2.24) is 14.4 Å². The van der Waals surface area contributed by atoms with E-state index in [1.54, 1.807) is 18.4 Å². The van der Waals surface area contributed by atoms with Crippen molar-refractivity contribution in [3.8, 4) is 17.1 Å². The molecule has 0 saturated heterocycles. The number of nitrogens with zero attached hydrogens (tertiary/aromatic N) is 3. The Bertz CT molecular complexity index is 988. The number of rotatable bonds is 4. The van der Waals surface area contributed by atoms with E-state index in [0.717, 1.165) is 39.3 Å². The number of nitrogens with one attached hydrogen (secondary N) is 1. The average Bonchev–Trinajstić information content (AvgIpc) is 3.21. The monoisotopic (exact) mass is 336 g/mol. The molecule has 3 heterocycles. The van der Waals surface area contributed by atoms with Gasteiger partial charge in [-0.1, -0.05) is 6.07 Å². The summed E-state index contributed by atoms with van der Waals surface area (Å²) >= 11 is 1.57. The van der Waals surface area contributed by atoms with Crippen LogP contribution in [0.4, 0.5) is 10.8 Å². The Morgan fingerprint density at radius 2 is 1.92 bits per heavy atom. The second-order valence-corrected chi connectivity index (χ2v) is 6.22. The number of fused-ring (bicyclic) bond motifs is 1. The van der Waals surface area contributed by atoms with Gasteiger partial charge in [0.1, 0.15) is 22.8 Å². The molecule has 1 aromatic carbocycles. The first-order valence-corrected chi connectivity index (χ1v) is 8.43. The lowest BCUT2D eigenvalue weighted by molar-refractivity contribution is 0.415. The molecule has 4 rings (SSSR count). The van der Waals surface area contributed by atoms with E-state index in [-0.39, 0.29) is 0 Å². The van der Waals surface area contributed by atoms with Crippen molar-refractivity contribution in [1.29, 1.82) is 0 Å². The Labute approximate surface area is 143 Å². The van der Waals surface area contributed by atoms with Gasteiger partial charge in [0.2, 0.25) is 0 Å². The number of imidazole rings is 1. The summed E-state index contributed by atoms with van der Waals surface area (Å²) in [5.74, 6) is 0.834. The molecule has 0 aliphatic carbocycles. The zero-order chi connectivity index (χ0) is 16.5. The standard InChI is InChI=1S/C18H16N4OS/c1-12-17(21-16-5-3-4-10-22(12)16)15-11-24-18(20-15)19-13-6-8-14(23-2)9-7-13/h3-11H,1-2H3,(H,19,20). The number of benzene rings is 1. The van der Waals surface area contributed by atoms with E-state index in [9.17, 15) is 0 Å². The molecule has 0 fully saturated rings. The molecule has 0 spiro atoms. The number of pyridine rings is 1. The minimum Gasteiger partial charge on any atom is -0.497 e. The van der Waals surface area contributed by atoms with E-state index < -0.39 is 0 Å². The van der Waals surface area contributed by atoms with Gasteiger partial charge >= 0.3 is 0 Å². The van der Waals surface area contributed by atoms with E-state index in [1.165, 1.54) is 0 Å². The van der Waals surface area contributed by atoms with E-state index >= 15 is 0 Å². The molecule has 0 unspecified atom stereocenters. The lowest BCUT2D eigenvalue weighted by Crippen LogP contribution is -1.91. The van der Waals surface area contributed by atoms with Crippen LogP contribution in [0.15, 0.2) is 54.0 Å². The van der Waals surface area contributed by atoms with Crippen molar-refractivity contribution >= 4 is 27.8 Å². The summed E-state index contributed by atoms with van der Waals surface area (Å²) in [4.78, 5) is 9.36. The van der Waals surface area contributed by atoms with Crippen LogP contribution in [-0.4, -0.2) is 21.5 Å². The second kappa shape index (κ2) is 5.98. The van der Waals surface area contributed by atoms with Crippen molar-refractivity contribution in [2.24, 2.45) is 0 Å². The van der Waals surface area contributed by atoms with Gasteiger partial charge in [0.25, 0.3) is 0 Å². The first-order valence-electron chi connectivity index (χ1n) is 7.55. The SMILES string of the molecule is COc1ccc(Nc2nc(-c3nc4ccccn4c3C)cs2)cc1. The molecule has 0 amide bonds. The van der Waals surface area contributed by atoms with Gasteiger partial charge < -0.3 is 14.5 Å². The van der Waals surface area contributed by atoms with Gasteiger partial charge in [0.05, 0.1) is 7.11 Å². The van der Waals surface area contributed by atoms with Crippen LogP contribution >= 0.6 is 11.3 Å². The maximum Gasteiger partial charge on any atom is 0.187 e. The zero-order valence-corrected chi connectivity index (χ0v) is 14.2. The van der Waals surface area contributed by atoms with Crippen molar-refractivity contribution in [3.63, 3.8) is 0 Å². The Hall–Kier alpha value is -2.86. The predicted molar refractivity (Wildman–Crippen MR) is 97.3 cm³/mol. The number of aromatic nitrogens is 3. The first kappa shape index (κ1) is 14.7. The van der Waals surface area contributed by atoms with Crippen molar-refractivity contribution in [2.45, 2.75) is 6.92 Å². The van der Waals surface area contributed by atoms with Gasteiger partial charge in [-0.2, -0.15) is 0 Å². The fraction of sp³-hybridized carbons (Fsp3) is 0.111. The molecular formula is C18H16N4OS. The Morgan fingerprint density at radius 1 is 1.08 bits per heavy atom. The fourth-order valence-electron chi connectivity index (χ4n) is 2.60. The summed E-state index contributed by atoms with van der Waals surface area (Å²) < 4.78 is 7.25. The molecule has 5 nitrogen and oxygen atoms in total. The van der Waals surface area contributed by atoms with Crippen LogP contribution in [0.1, 0.15) is 5.69 Å². The lowest BCUT2D eigenvalue weighted by Gasteiger charge is -2.03. The number of methoxy groups -OCH3 is 1. The second-order valence-electron chi connectivity index (χ2n) is 5.37. The smallest absolute Gasteiger partial charge is 0.187 e. The third-order valence-corrected chi connectivity index (χ3v) is 4.61. The van der Waals surface area contributed by atoms with Gasteiger partial charge in [0.15, 0.2) is 5.13 Å². The Balaban J connectivity index is 1.62. The molecule has 0 bridgehead atoms. The van der Waals surface area contributed by atoms with Gasteiger partial charge in [-0.25, -0.2) is 9.97 Å². The predicted octanol–water partition coefficient (Wildman–Crippen LogP) is 4.52. The molecular weight excluding hydrogens is 320 g/mol. The van der Waals surface area contributed by atoms with Crippen molar-refractivity contribution in [2.75, 3.05) is 12.4 Å². The summed E-state index contributed by atoms with van der Waals surface area (Å²) in [5, 5.41) is 6.18. The normalized spacial score (nSPS) is 10.9. The largest absolute Gasteiger partial charge is 0.497 e. The number of thiazole rings is 1. The summed E-state index contributed by atoms with van der Waals surface area (Å²) in [6, 6.07) is 13.8. The molecule has 0 saturated carbocycles. The average molecular weight is 336 g/mol. The third-order valence-electron chi connectivity index (χ3n) is 3.86. The summed E-state index contributed by atoms with van der Waals surface area (Å²) in [7, 11) is 1.66. The number of hydrogen-bond acceptors (Lipinski definition) is 5. The number of aryl methyl sites for hydroxylation is 1. The van der Waals surface area contributed by atoms with Crippen LogP contribution in [0.5, 0.6) is 5.75 Å². The maximum atomic E-state index is 5.17. The van der Waals surface area contributed by atoms with E-state index in [4.69, 9.17) is 4.74 Å². The quantitative estimate of drug-likeness (QED) is 0.595. The fourth-order valence-corrected chi connectivity index (χ4v) is 3.31. The van der Waals surface area contributed by atoms with Crippen LogP contribution in [0.2, 0.25) is 0 Å². The molecule has 120 valence electrons. The highest BCUT2D eigenvalue weighted by Crippen LogP contribution is 2.29. The van der Waals surface area contributed by atoms with Crippen LogP contribution in [0.3, 0.4) is 0 Å². The third kappa shape index (κ3) is 2.61. The number of ether oxygens (including phenoxy) is 1. The highest BCUT2D eigenvalue weighted by atomic mass is 32.1. The maximum absolute atomic E-state index is 5.17. The van der Waals surface area contributed by atoms with E-state index in [0.29, 0.717) is 0 Å². The van der Waals surface area contributed by atoms with Gasteiger partial charge in [-0.15, -0.1) is 11.3 Å². The Kier molecular flexibility index (Phi) is 3.66. The van der Waals surface area contributed by atoms with E-state index in [1.807, 2.05) is 54.0 Å². The summed E-state index contributed by atoms with van der Waals surface area (Å²) in [6.07, 6.45) is 2.02. The minimum absolute atomic E-state index is 0.834. The highest BCUT2D eigenvalue weighted by Gasteiger charge is 2.13. The molecule has 6 heteroatoms. The number of anilines is 2. The van der Waals surface area contributed by atoms with Crippen LogP contribution in [-0.2, 0) is 0 Å². The highest BCUT2D eigenvalue weighted by molar-refractivity contribution is 7.14. The molecule has 0 aliphatic rings. The molecule has 0 atom stereocenters. The summed E-state index contributed by atoms with van der Waals surface area (Å²) in [5.41, 5.74) is 4.80. The van der Waals surface area contributed by atoms with Gasteiger partial charge in [-0.05, 0) is 43.3 Å². The van der Waals surface area contributed by atoms with E-state index in [2.05, 4.69) is 26.6 Å². The molecule has 1 N–H and O–H groups in total. The van der Waals surface area contributed by atoms with Crippen molar-refractivity contribution < 1.29 is 4.74 Å². The summed E-state index contributed by atoms with van der Waals surface area (Å²) in [6.45, 7) is 2.06. The lowest BCUT2D eigenvalue weighted by atomic mass is 10.3. The molecule has 24 heavy (non-hydrogen) atoms.